The van der Waals surface area contributed by atoms with Crippen LogP contribution in [0.1, 0.15) is 11.1 Å². The van der Waals surface area contributed by atoms with Gasteiger partial charge in [0, 0.05) is 12.1 Å². The third-order valence-corrected chi connectivity index (χ3v) is 1.99. The largest absolute Gasteiger partial charge is 0.418 e. The van der Waals surface area contributed by atoms with Crippen molar-refractivity contribution in [1.29, 1.82) is 0 Å². The molecule has 0 radical (unpaired) electrons. The number of nitro groups is 1. The van der Waals surface area contributed by atoms with Crippen molar-refractivity contribution in [3.63, 3.8) is 0 Å². The number of nitrogens with zero attached hydrogens (tertiary/aromatic N) is 1. The van der Waals surface area contributed by atoms with Crippen LogP contribution in [0.2, 0.25) is 0 Å². The fourth-order valence-corrected chi connectivity index (χ4v) is 1.21. The molecule has 18 heavy (non-hydrogen) atoms. The van der Waals surface area contributed by atoms with Crippen molar-refractivity contribution in [2.75, 3.05) is 5.73 Å². The van der Waals surface area contributed by atoms with Gasteiger partial charge < -0.3 is 5.73 Å². The molecule has 0 spiro atoms. The minimum atomic E-state index is -5.21. The van der Waals surface area contributed by atoms with E-state index < -0.39 is 39.8 Å². The van der Waals surface area contributed by atoms with Crippen LogP contribution in [0, 0.1) is 10.1 Å². The number of hydrogen-bond acceptors (Lipinski definition) is 3. The van der Waals surface area contributed by atoms with Gasteiger partial charge in [-0.25, -0.2) is 0 Å². The van der Waals surface area contributed by atoms with Gasteiger partial charge in [-0.2, -0.15) is 26.3 Å². The molecule has 0 aliphatic heterocycles. The summed E-state index contributed by atoms with van der Waals surface area (Å²) in [6, 6.07) is -0.0743. The van der Waals surface area contributed by atoms with Gasteiger partial charge in [-0.15, -0.1) is 0 Å². The number of anilines is 1. The van der Waals surface area contributed by atoms with Gasteiger partial charge in [0.1, 0.15) is 0 Å². The molecule has 10 heteroatoms. The first-order valence-corrected chi connectivity index (χ1v) is 4.17. The number of nitro benzene ring substituents is 1. The lowest BCUT2D eigenvalue weighted by Gasteiger charge is -2.15. The van der Waals surface area contributed by atoms with E-state index in [4.69, 9.17) is 5.73 Å². The van der Waals surface area contributed by atoms with Gasteiger partial charge in [0.05, 0.1) is 21.7 Å². The second-order valence-corrected chi connectivity index (χ2v) is 3.21. The first kappa shape index (κ1) is 14.1. The summed E-state index contributed by atoms with van der Waals surface area (Å²) >= 11 is 0. The van der Waals surface area contributed by atoms with E-state index in [0.29, 0.717) is 0 Å². The Morgan fingerprint density at radius 1 is 1.00 bits per heavy atom. The molecule has 1 rings (SSSR count). The van der Waals surface area contributed by atoms with E-state index in [1.807, 2.05) is 0 Å². The minimum Gasteiger partial charge on any atom is -0.398 e. The number of nitrogens with two attached hydrogens (primary N) is 1. The molecule has 0 heterocycles. The molecule has 0 atom stereocenters. The molecule has 1 aromatic carbocycles. The summed E-state index contributed by atoms with van der Waals surface area (Å²) in [5.41, 5.74) is -1.92. The van der Waals surface area contributed by atoms with Crippen LogP contribution in [0.25, 0.3) is 0 Å². The van der Waals surface area contributed by atoms with E-state index in [0.717, 1.165) is 0 Å². The van der Waals surface area contributed by atoms with E-state index in [1.165, 1.54) is 0 Å². The van der Waals surface area contributed by atoms with E-state index in [-0.39, 0.29) is 12.1 Å². The normalized spacial score (nSPS) is 12.6. The van der Waals surface area contributed by atoms with Gasteiger partial charge in [0.2, 0.25) is 0 Å². The topological polar surface area (TPSA) is 69.2 Å². The second-order valence-electron chi connectivity index (χ2n) is 3.21. The lowest BCUT2D eigenvalue weighted by molar-refractivity contribution is -0.385. The van der Waals surface area contributed by atoms with E-state index in [1.54, 1.807) is 0 Å². The van der Waals surface area contributed by atoms with E-state index in [9.17, 15) is 36.5 Å². The predicted molar refractivity (Wildman–Crippen MR) is 47.5 cm³/mol. The molecule has 0 fully saturated rings. The zero-order valence-electron chi connectivity index (χ0n) is 8.26. The molecule has 0 aromatic heterocycles. The number of non-ortho nitro benzene ring substituents is 1. The molecule has 0 saturated carbocycles. The molecule has 0 unspecified atom stereocenters. The summed E-state index contributed by atoms with van der Waals surface area (Å²) in [7, 11) is 0. The number of alkyl halides is 6. The van der Waals surface area contributed by atoms with Crippen molar-refractivity contribution in [2.45, 2.75) is 12.4 Å². The summed E-state index contributed by atoms with van der Waals surface area (Å²) in [5.74, 6) is 0. The van der Waals surface area contributed by atoms with E-state index in [2.05, 4.69) is 0 Å². The second kappa shape index (κ2) is 4.03. The number of hydrogen-bond donors (Lipinski definition) is 1. The number of rotatable bonds is 1. The Morgan fingerprint density at radius 2 is 1.33 bits per heavy atom. The van der Waals surface area contributed by atoms with Crippen LogP contribution in [-0.4, -0.2) is 4.92 Å². The summed E-state index contributed by atoms with van der Waals surface area (Å²) in [6.45, 7) is 0. The Bertz CT molecular complexity index is 458. The SMILES string of the molecule is Nc1c(C(F)(F)F)cc([N+](=O)[O-])cc1C(F)(F)F. The maximum Gasteiger partial charge on any atom is 0.418 e. The van der Waals surface area contributed by atoms with Crippen LogP contribution in [0.3, 0.4) is 0 Å². The Labute approximate surface area is 95.1 Å². The van der Waals surface area contributed by atoms with E-state index >= 15 is 0 Å². The maximum atomic E-state index is 12.4. The average molecular weight is 274 g/mol. The molecule has 2 N–H and O–H groups in total. The Kier molecular flexibility index (Phi) is 3.15. The van der Waals surface area contributed by atoms with Crippen LogP contribution >= 0.6 is 0 Å². The molecular formula is C8H4F6N2O2. The summed E-state index contributed by atoms with van der Waals surface area (Å²) < 4.78 is 74.3. The molecule has 4 nitrogen and oxygen atoms in total. The zero-order chi connectivity index (χ0) is 14.3. The van der Waals surface area contributed by atoms with Crippen molar-refractivity contribution in [1.82, 2.24) is 0 Å². The minimum absolute atomic E-state index is 0.0371. The van der Waals surface area contributed by atoms with Crippen molar-refractivity contribution in [2.24, 2.45) is 0 Å². The van der Waals surface area contributed by atoms with Crippen LogP contribution in [0.5, 0.6) is 0 Å². The standard InChI is InChI=1S/C8H4F6N2O2/c9-7(10,11)4-1-3(16(17)18)2-5(6(4)15)8(12,13)14/h1-2H,15H2. The lowest BCUT2D eigenvalue weighted by atomic mass is 10.1. The third-order valence-electron chi connectivity index (χ3n) is 1.99. The first-order chi connectivity index (χ1) is 7.94. The van der Waals surface area contributed by atoms with Gasteiger partial charge in [0.25, 0.3) is 5.69 Å². The third kappa shape index (κ3) is 2.63. The quantitative estimate of drug-likeness (QED) is 0.370. The van der Waals surface area contributed by atoms with Gasteiger partial charge in [0.15, 0.2) is 0 Å². The fraction of sp³-hybridized carbons (Fsp3) is 0.250. The molecule has 0 bridgehead atoms. The van der Waals surface area contributed by atoms with Crippen molar-refractivity contribution < 1.29 is 31.3 Å². The van der Waals surface area contributed by atoms with Crippen molar-refractivity contribution in [3.05, 3.63) is 33.4 Å². The zero-order valence-corrected chi connectivity index (χ0v) is 8.26. The molecule has 0 aliphatic carbocycles. The number of benzene rings is 1. The Hall–Kier alpha value is -2.00. The van der Waals surface area contributed by atoms with Gasteiger partial charge in [-0.1, -0.05) is 0 Å². The predicted octanol–water partition coefficient (Wildman–Crippen LogP) is 3.21. The number of nitrogen functional groups attached to an aromatic ring is 1. The Balaban J connectivity index is 3.64. The number of halogens is 6. The first-order valence-electron chi connectivity index (χ1n) is 4.17. The average Bonchev–Trinajstić information content (AvgIpc) is 2.13. The van der Waals surface area contributed by atoms with Gasteiger partial charge >= 0.3 is 12.4 Å². The summed E-state index contributed by atoms with van der Waals surface area (Å²) in [5, 5.41) is 10.3. The van der Waals surface area contributed by atoms with Crippen LogP contribution in [0.4, 0.5) is 37.7 Å². The van der Waals surface area contributed by atoms with Gasteiger partial charge in [-0.05, 0) is 0 Å². The van der Waals surface area contributed by atoms with Crippen molar-refractivity contribution >= 4 is 11.4 Å². The molecular weight excluding hydrogens is 270 g/mol. The summed E-state index contributed by atoms with van der Waals surface area (Å²) in [4.78, 5) is 8.94. The van der Waals surface area contributed by atoms with Crippen LogP contribution < -0.4 is 5.73 Å². The molecule has 0 saturated heterocycles. The monoisotopic (exact) mass is 274 g/mol. The molecule has 0 amide bonds. The Morgan fingerprint density at radius 3 is 1.56 bits per heavy atom. The molecule has 1 aromatic rings. The fourth-order valence-electron chi connectivity index (χ4n) is 1.21. The maximum absolute atomic E-state index is 12.4. The molecule has 100 valence electrons. The highest BCUT2D eigenvalue weighted by Gasteiger charge is 2.42. The molecule has 0 aliphatic rings. The lowest BCUT2D eigenvalue weighted by Crippen LogP contribution is -2.16. The highest BCUT2D eigenvalue weighted by atomic mass is 19.4. The van der Waals surface area contributed by atoms with Crippen LogP contribution in [-0.2, 0) is 12.4 Å². The van der Waals surface area contributed by atoms with Gasteiger partial charge in [-0.3, -0.25) is 10.1 Å². The van der Waals surface area contributed by atoms with Crippen LogP contribution in [0.15, 0.2) is 12.1 Å². The smallest absolute Gasteiger partial charge is 0.398 e. The highest BCUT2D eigenvalue weighted by molar-refractivity contribution is 5.61. The summed E-state index contributed by atoms with van der Waals surface area (Å²) in [6.07, 6.45) is -10.4. The highest BCUT2D eigenvalue weighted by Crippen LogP contribution is 2.43. The van der Waals surface area contributed by atoms with Crippen molar-refractivity contribution in [3.8, 4) is 0 Å².